The Bertz CT molecular complexity index is 1060. The number of aryl methyl sites for hydroxylation is 1. The number of H-pyrrole nitrogens is 1. The number of carbonyl (C=O) groups is 1. The van der Waals surface area contributed by atoms with E-state index in [2.05, 4.69) is 15.2 Å². The van der Waals surface area contributed by atoms with Gasteiger partial charge in [0.1, 0.15) is 11.6 Å². The quantitative estimate of drug-likeness (QED) is 0.639. The van der Waals surface area contributed by atoms with Crippen molar-refractivity contribution in [2.24, 2.45) is 0 Å². The molecular formula is C22H22ClFN4O2. The summed E-state index contributed by atoms with van der Waals surface area (Å²) in [6.07, 6.45) is 8.17. The number of likely N-dealkylation sites (tertiary alicyclic amines) is 1. The van der Waals surface area contributed by atoms with Crippen LogP contribution in [-0.4, -0.2) is 39.1 Å². The minimum atomic E-state index is -0.524. The number of rotatable bonds is 5. The van der Waals surface area contributed by atoms with Gasteiger partial charge in [-0.15, -0.1) is 0 Å². The molecule has 3 aromatic rings. The number of halogens is 2. The highest BCUT2D eigenvalue weighted by Gasteiger charge is 2.31. The Kier molecular flexibility index (Phi) is 5.99. The summed E-state index contributed by atoms with van der Waals surface area (Å²) in [5.41, 5.74) is 3.99. The number of hydrogen-bond donors (Lipinski definition) is 1. The van der Waals surface area contributed by atoms with Crippen molar-refractivity contribution in [2.75, 3.05) is 13.2 Å². The lowest BCUT2D eigenvalue weighted by atomic mass is 9.93. The molecule has 3 heterocycles. The predicted molar refractivity (Wildman–Crippen MR) is 112 cm³/mol. The molecule has 1 N–H and O–H groups in total. The highest BCUT2D eigenvalue weighted by molar-refractivity contribution is 6.30. The summed E-state index contributed by atoms with van der Waals surface area (Å²) in [6, 6.07) is 5.90. The smallest absolute Gasteiger partial charge is 0.261 e. The summed E-state index contributed by atoms with van der Waals surface area (Å²) in [5.74, 6) is -0.297. The fraction of sp³-hybridized carbons (Fsp3) is 0.318. The van der Waals surface area contributed by atoms with Gasteiger partial charge < -0.3 is 9.64 Å². The van der Waals surface area contributed by atoms with Crippen molar-refractivity contribution in [3.63, 3.8) is 0 Å². The normalized spacial score (nSPS) is 16.5. The molecule has 1 aliphatic heterocycles. The molecule has 8 heteroatoms. The molecule has 156 valence electrons. The molecule has 1 aliphatic rings. The molecule has 0 spiro atoms. The zero-order valence-electron chi connectivity index (χ0n) is 16.6. The average molecular weight is 429 g/mol. The van der Waals surface area contributed by atoms with Crippen molar-refractivity contribution < 1.29 is 13.9 Å². The van der Waals surface area contributed by atoms with E-state index < -0.39 is 5.82 Å². The second-order valence-electron chi connectivity index (χ2n) is 7.35. The molecule has 0 saturated carbocycles. The van der Waals surface area contributed by atoms with Gasteiger partial charge in [-0.05, 0) is 55.5 Å². The lowest BCUT2D eigenvalue weighted by Crippen LogP contribution is -2.41. The zero-order chi connectivity index (χ0) is 21.1. The minimum Gasteiger partial charge on any atom is -0.484 e. The topological polar surface area (TPSA) is 71.1 Å². The SMILES string of the molecule is Cc1cnccc1-c1cn[nH]c1[C@H]1CCCCN1C(=O)COc1ccc(F)c(Cl)c1. The third-order valence-corrected chi connectivity index (χ3v) is 5.68. The number of nitrogens with zero attached hydrogens (tertiary/aromatic N) is 3. The molecule has 1 fully saturated rings. The van der Waals surface area contributed by atoms with E-state index in [1.54, 1.807) is 12.4 Å². The Morgan fingerprint density at radius 3 is 2.97 bits per heavy atom. The van der Waals surface area contributed by atoms with Crippen LogP contribution < -0.4 is 4.74 Å². The lowest BCUT2D eigenvalue weighted by molar-refractivity contribution is -0.137. The van der Waals surface area contributed by atoms with Gasteiger partial charge in [0.25, 0.3) is 5.91 Å². The first-order chi connectivity index (χ1) is 14.5. The fourth-order valence-corrected chi connectivity index (χ4v) is 4.04. The fourth-order valence-electron chi connectivity index (χ4n) is 3.87. The third-order valence-electron chi connectivity index (χ3n) is 5.39. The van der Waals surface area contributed by atoms with Crippen LogP contribution >= 0.6 is 11.6 Å². The summed E-state index contributed by atoms with van der Waals surface area (Å²) in [6.45, 7) is 2.51. The molecule has 1 aromatic carbocycles. The maximum atomic E-state index is 13.3. The van der Waals surface area contributed by atoms with Crippen molar-refractivity contribution in [2.45, 2.75) is 32.2 Å². The molecule has 30 heavy (non-hydrogen) atoms. The van der Waals surface area contributed by atoms with Crippen LogP contribution in [0.1, 0.15) is 36.6 Å². The summed E-state index contributed by atoms with van der Waals surface area (Å²) < 4.78 is 18.9. The molecule has 0 radical (unpaired) electrons. The number of nitrogens with one attached hydrogen (secondary N) is 1. The van der Waals surface area contributed by atoms with E-state index in [-0.39, 0.29) is 23.6 Å². The number of amides is 1. The number of pyridine rings is 1. The predicted octanol–water partition coefficient (Wildman–Crippen LogP) is 4.71. The van der Waals surface area contributed by atoms with Crippen molar-refractivity contribution in [3.8, 4) is 16.9 Å². The van der Waals surface area contributed by atoms with Crippen LogP contribution in [0.5, 0.6) is 5.75 Å². The second kappa shape index (κ2) is 8.83. The van der Waals surface area contributed by atoms with Gasteiger partial charge in [-0.25, -0.2) is 4.39 Å². The van der Waals surface area contributed by atoms with Gasteiger partial charge in [0.15, 0.2) is 6.61 Å². The van der Waals surface area contributed by atoms with Crippen LogP contribution in [0.25, 0.3) is 11.1 Å². The Morgan fingerprint density at radius 1 is 1.30 bits per heavy atom. The van der Waals surface area contributed by atoms with Crippen LogP contribution in [0.4, 0.5) is 4.39 Å². The standard InChI is InChI=1S/C22H22ClFN4O2/c1-14-11-25-8-7-16(14)17-12-26-27-22(17)20-4-2-3-9-28(20)21(29)13-30-15-5-6-19(24)18(23)10-15/h5-8,10-12,20H,2-4,9,13H2,1H3,(H,26,27)/t20-/m1/s1. The van der Waals surface area contributed by atoms with Gasteiger partial charge in [-0.2, -0.15) is 5.10 Å². The highest BCUT2D eigenvalue weighted by Crippen LogP contribution is 2.36. The van der Waals surface area contributed by atoms with E-state index in [9.17, 15) is 9.18 Å². The van der Waals surface area contributed by atoms with Crippen LogP contribution in [0.3, 0.4) is 0 Å². The van der Waals surface area contributed by atoms with Crippen molar-refractivity contribution in [1.82, 2.24) is 20.1 Å². The largest absolute Gasteiger partial charge is 0.484 e. The van der Waals surface area contributed by atoms with E-state index >= 15 is 0 Å². The monoisotopic (exact) mass is 428 g/mol. The number of hydrogen-bond acceptors (Lipinski definition) is 4. The maximum absolute atomic E-state index is 13.3. The number of aromatic nitrogens is 3. The Morgan fingerprint density at radius 2 is 2.17 bits per heavy atom. The van der Waals surface area contributed by atoms with Crippen molar-refractivity contribution in [1.29, 1.82) is 0 Å². The maximum Gasteiger partial charge on any atom is 0.261 e. The van der Waals surface area contributed by atoms with Crippen LogP contribution in [0.15, 0.2) is 42.9 Å². The van der Waals surface area contributed by atoms with Crippen LogP contribution in [-0.2, 0) is 4.79 Å². The van der Waals surface area contributed by atoms with E-state index in [4.69, 9.17) is 16.3 Å². The second-order valence-corrected chi connectivity index (χ2v) is 7.76. The molecule has 0 unspecified atom stereocenters. The molecule has 1 saturated heterocycles. The zero-order valence-corrected chi connectivity index (χ0v) is 17.3. The van der Waals surface area contributed by atoms with Gasteiger partial charge in [-0.3, -0.25) is 14.9 Å². The number of aromatic amines is 1. The summed E-state index contributed by atoms with van der Waals surface area (Å²) in [5, 5.41) is 7.33. The average Bonchev–Trinajstić information content (AvgIpc) is 3.24. The number of piperidine rings is 1. The molecule has 6 nitrogen and oxygen atoms in total. The van der Waals surface area contributed by atoms with E-state index in [0.29, 0.717) is 12.3 Å². The van der Waals surface area contributed by atoms with E-state index in [1.165, 1.54) is 18.2 Å². The first kappa shape index (κ1) is 20.3. The Balaban J connectivity index is 1.54. The Hall–Kier alpha value is -2.93. The molecule has 4 rings (SSSR count). The Labute approximate surface area is 179 Å². The number of ether oxygens (including phenoxy) is 1. The van der Waals surface area contributed by atoms with Gasteiger partial charge in [0.2, 0.25) is 0 Å². The third kappa shape index (κ3) is 4.16. The first-order valence-corrected chi connectivity index (χ1v) is 10.2. The van der Waals surface area contributed by atoms with Crippen LogP contribution in [0.2, 0.25) is 5.02 Å². The van der Waals surface area contributed by atoms with E-state index in [1.807, 2.05) is 24.1 Å². The lowest BCUT2D eigenvalue weighted by Gasteiger charge is -2.35. The minimum absolute atomic E-state index is 0.0365. The molecule has 1 amide bonds. The summed E-state index contributed by atoms with van der Waals surface area (Å²) >= 11 is 5.79. The van der Waals surface area contributed by atoms with Gasteiger partial charge in [0, 0.05) is 30.6 Å². The van der Waals surface area contributed by atoms with Gasteiger partial charge in [0.05, 0.1) is 23.0 Å². The van der Waals surface area contributed by atoms with Gasteiger partial charge in [-0.1, -0.05) is 11.6 Å². The molecule has 1 atom stereocenters. The number of carbonyl (C=O) groups excluding carboxylic acids is 1. The molecule has 0 aliphatic carbocycles. The molecule has 2 aromatic heterocycles. The van der Waals surface area contributed by atoms with Gasteiger partial charge >= 0.3 is 0 Å². The molecular weight excluding hydrogens is 407 g/mol. The summed E-state index contributed by atoms with van der Waals surface area (Å²) in [7, 11) is 0. The highest BCUT2D eigenvalue weighted by atomic mass is 35.5. The summed E-state index contributed by atoms with van der Waals surface area (Å²) in [4.78, 5) is 19.0. The van der Waals surface area contributed by atoms with E-state index in [0.717, 1.165) is 41.6 Å². The van der Waals surface area contributed by atoms with Crippen molar-refractivity contribution in [3.05, 3.63) is 65.0 Å². The first-order valence-electron chi connectivity index (χ1n) is 9.86. The number of benzene rings is 1. The van der Waals surface area contributed by atoms with Crippen LogP contribution in [0, 0.1) is 12.7 Å². The van der Waals surface area contributed by atoms with Crippen molar-refractivity contribution >= 4 is 17.5 Å². The molecule has 0 bridgehead atoms.